The van der Waals surface area contributed by atoms with Gasteiger partial charge in [0.2, 0.25) is 0 Å². The van der Waals surface area contributed by atoms with E-state index in [9.17, 15) is 19.8 Å². The maximum Gasteiger partial charge on any atom is 0.308 e. The van der Waals surface area contributed by atoms with Crippen LogP contribution in [-0.2, 0) is 19.1 Å². The van der Waals surface area contributed by atoms with Crippen molar-refractivity contribution in [3.63, 3.8) is 0 Å². The summed E-state index contributed by atoms with van der Waals surface area (Å²) in [7, 11) is 0. The van der Waals surface area contributed by atoms with Gasteiger partial charge in [-0.05, 0) is 36.7 Å². The highest BCUT2D eigenvalue weighted by Crippen LogP contribution is 2.45. The molecule has 1 fully saturated rings. The van der Waals surface area contributed by atoms with Gasteiger partial charge in [-0.2, -0.15) is 0 Å². The van der Waals surface area contributed by atoms with Crippen LogP contribution in [-0.4, -0.2) is 47.1 Å². The first-order valence-corrected chi connectivity index (χ1v) is 9.93. The van der Waals surface area contributed by atoms with Crippen molar-refractivity contribution in [1.82, 2.24) is 0 Å². The van der Waals surface area contributed by atoms with Crippen molar-refractivity contribution in [3.8, 4) is 0 Å². The molecule has 0 spiro atoms. The van der Waals surface area contributed by atoms with Gasteiger partial charge < -0.3 is 19.7 Å². The number of esters is 2. The highest BCUT2D eigenvalue weighted by molar-refractivity contribution is 5.71. The molecule has 150 valence electrons. The van der Waals surface area contributed by atoms with Gasteiger partial charge in [0.15, 0.2) is 0 Å². The number of hydrogen-bond donors (Lipinski definition) is 2. The number of cyclic esters (lactones) is 1. The molecule has 0 amide bonds. The average molecular weight is 378 g/mol. The van der Waals surface area contributed by atoms with Crippen molar-refractivity contribution in [2.24, 2.45) is 23.7 Å². The van der Waals surface area contributed by atoms with Crippen molar-refractivity contribution in [1.29, 1.82) is 0 Å². The Balaban J connectivity index is 1.75. The molecular weight excluding hydrogens is 348 g/mol. The van der Waals surface area contributed by atoms with E-state index < -0.39 is 6.10 Å². The molecule has 6 nitrogen and oxygen atoms in total. The van der Waals surface area contributed by atoms with Gasteiger partial charge in [-0.15, -0.1) is 0 Å². The topological polar surface area (TPSA) is 93.1 Å². The molecule has 0 radical (unpaired) electrons. The number of allylic oxidation sites excluding steroid dienone is 2. The second kappa shape index (κ2) is 8.57. The van der Waals surface area contributed by atoms with Crippen LogP contribution in [0.15, 0.2) is 23.8 Å². The lowest BCUT2D eigenvalue weighted by molar-refractivity contribution is -0.161. The molecule has 0 saturated carbocycles. The smallest absolute Gasteiger partial charge is 0.308 e. The molecule has 1 aliphatic heterocycles. The van der Waals surface area contributed by atoms with Crippen molar-refractivity contribution < 1.29 is 29.3 Å². The molecule has 1 heterocycles. The normalized spacial score (nSPS) is 38.6. The van der Waals surface area contributed by atoms with Crippen molar-refractivity contribution >= 4 is 11.9 Å². The predicted octanol–water partition coefficient (Wildman–Crippen LogP) is 2.14. The SMILES string of the molecule is CC(=O)OC1CC(CO)C=C2C=CC(C)C(CCC3CC(O)CC(=O)O3)C21. The van der Waals surface area contributed by atoms with E-state index in [1.54, 1.807) is 0 Å². The first kappa shape index (κ1) is 20.1. The zero-order valence-corrected chi connectivity index (χ0v) is 16.0. The Kier molecular flexibility index (Phi) is 6.37. The third kappa shape index (κ3) is 4.79. The average Bonchev–Trinajstić information content (AvgIpc) is 2.59. The molecule has 0 aromatic heterocycles. The summed E-state index contributed by atoms with van der Waals surface area (Å²) in [4.78, 5) is 23.2. The summed E-state index contributed by atoms with van der Waals surface area (Å²) in [5.74, 6) is -0.00169. The van der Waals surface area contributed by atoms with E-state index in [1.807, 2.05) is 0 Å². The maximum absolute atomic E-state index is 11.6. The van der Waals surface area contributed by atoms with Crippen LogP contribution in [0.5, 0.6) is 0 Å². The highest BCUT2D eigenvalue weighted by atomic mass is 16.5. The summed E-state index contributed by atoms with van der Waals surface area (Å²) in [6.45, 7) is 3.62. The largest absolute Gasteiger partial charge is 0.462 e. The molecule has 0 bridgehead atoms. The summed E-state index contributed by atoms with van der Waals surface area (Å²) in [5, 5.41) is 19.4. The summed E-state index contributed by atoms with van der Waals surface area (Å²) in [6.07, 6.45) is 7.91. The van der Waals surface area contributed by atoms with Crippen LogP contribution in [0.2, 0.25) is 0 Å². The van der Waals surface area contributed by atoms with Gasteiger partial charge in [0.1, 0.15) is 12.2 Å². The molecule has 2 aliphatic carbocycles. The van der Waals surface area contributed by atoms with Crippen LogP contribution in [0.25, 0.3) is 0 Å². The molecule has 6 heteroatoms. The number of rotatable bonds is 5. The lowest BCUT2D eigenvalue weighted by Crippen LogP contribution is -2.42. The minimum Gasteiger partial charge on any atom is -0.462 e. The fraction of sp³-hybridized carbons (Fsp3) is 0.714. The molecule has 3 aliphatic rings. The Morgan fingerprint density at radius 1 is 1.33 bits per heavy atom. The zero-order valence-electron chi connectivity index (χ0n) is 16.0. The fourth-order valence-corrected chi connectivity index (χ4v) is 4.85. The van der Waals surface area contributed by atoms with Gasteiger partial charge in [-0.25, -0.2) is 0 Å². The highest BCUT2D eigenvalue weighted by Gasteiger charge is 2.42. The summed E-state index contributed by atoms with van der Waals surface area (Å²) < 4.78 is 11.0. The molecule has 7 unspecified atom stereocenters. The van der Waals surface area contributed by atoms with Gasteiger partial charge in [0.05, 0.1) is 12.5 Å². The molecule has 7 atom stereocenters. The lowest BCUT2D eigenvalue weighted by atomic mass is 9.65. The molecule has 0 aromatic carbocycles. The third-order valence-electron chi connectivity index (χ3n) is 6.09. The summed E-state index contributed by atoms with van der Waals surface area (Å²) in [6, 6.07) is 0. The number of carbonyl (C=O) groups is 2. The van der Waals surface area contributed by atoms with Crippen LogP contribution >= 0.6 is 0 Å². The van der Waals surface area contributed by atoms with Gasteiger partial charge in [-0.3, -0.25) is 9.59 Å². The quantitative estimate of drug-likeness (QED) is 0.712. The Morgan fingerprint density at radius 2 is 2.11 bits per heavy atom. The molecular formula is C21H30O6. The Bertz CT molecular complexity index is 624. The van der Waals surface area contributed by atoms with Gasteiger partial charge in [-0.1, -0.05) is 25.2 Å². The number of aliphatic hydroxyl groups excluding tert-OH is 2. The number of carbonyl (C=O) groups excluding carboxylic acids is 2. The Morgan fingerprint density at radius 3 is 2.78 bits per heavy atom. The van der Waals surface area contributed by atoms with E-state index in [4.69, 9.17) is 9.47 Å². The molecule has 0 aromatic rings. The van der Waals surface area contributed by atoms with Crippen LogP contribution in [0, 0.1) is 23.7 Å². The number of aliphatic hydroxyl groups is 2. The second-order valence-corrected chi connectivity index (χ2v) is 8.18. The van der Waals surface area contributed by atoms with Crippen LogP contribution in [0.3, 0.4) is 0 Å². The van der Waals surface area contributed by atoms with Gasteiger partial charge in [0.25, 0.3) is 0 Å². The van der Waals surface area contributed by atoms with E-state index in [0.29, 0.717) is 25.2 Å². The summed E-state index contributed by atoms with van der Waals surface area (Å²) >= 11 is 0. The minimum absolute atomic E-state index is 0.00578. The van der Waals surface area contributed by atoms with Gasteiger partial charge >= 0.3 is 11.9 Å². The predicted molar refractivity (Wildman–Crippen MR) is 98.5 cm³/mol. The number of ether oxygens (including phenoxy) is 2. The van der Waals surface area contributed by atoms with E-state index in [2.05, 4.69) is 25.2 Å². The Hall–Kier alpha value is -1.66. The van der Waals surface area contributed by atoms with Crippen LogP contribution < -0.4 is 0 Å². The van der Waals surface area contributed by atoms with Crippen molar-refractivity contribution in [2.45, 2.75) is 64.3 Å². The molecule has 2 N–H and O–H groups in total. The molecule has 3 rings (SSSR count). The lowest BCUT2D eigenvalue weighted by Gasteiger charge is -2.43. The van der Waals surface area contributed by atoms with Gasteiger partial charge in [0, 0.05) is 31.8 Å². The first-order valence-electron chi connectivity index (χ1n) is 9.93. The first-order chi connectivity index (χ1) is 12.9. The van der Waals surface area contributed by atoms with Crippen LogP contribution in [0.1, 0.15) is 46.0 Å². The van der Waals surface area contributed by atoms with E-state index in [-0.39, 0.29) is 54.9 Å². The van der Waals surface area contributed by atoms with E-state index in [0.717, 1.165) is 12.0 Å². The Labute approximate surface area is 160 Å². The molecule has 27 heavy (non-hydrogen) atoms. The maximum atomic E-state index is 11.6. The number of fused-ring (bicyclic) bond motifs is 1. The van der Waals surface area contributed by atoms with Crippen LogP contribution in [0.4, 0.5) is 0 Å². The monoisotopic (exact) mass is 378 g/mol. The minimum atomic E-state index is -0.621. The molecule has 1 saturated heterocycles. The standard InChI is InChI=1S/C21H30O6/c1-12-3-4-15-7-14(11-22)8-19(26-13(2)23)21(15)18(12)6-5-17-9-16(24)10-20(25)27-17/h3-4,7,12,14,16-19,21-22,24H,5-6,8-11H2,1-2H3. The fourth-order valence-electron chi connectivity index (χ4n) is 4.85. The van der Waals surface area contributed by atoms with Crippen molar-refractivity contribution in [2.75, 3.05) is 6.61 Å². The second-order valence-electron chi connectivity index (χ2n) is 8.18. The number of hydrogen-bond acceptors (Lipinski definition) is 6. The van der Waals surface area contributed by atoms with E-state index >= 15 is 0 Å². The van der Waals surface area contributed by atoms with E-state index in [1.165, 1.54) is 6.92 Å². The third-order valence-corrected chi connectivity index (χ3v) is 6.09. The van der Waals surface area contributed by atoms with Crippen molar-refractivity contribution in [3.05, 3.63) is 23.8 Å². The zero-order chi connectivity index (χ0) is 19.6. The summed E-state index contributed by atoms with van der Waals surface area (Å²) in [5.41, 5.74) is 1.12.